The molecule has 0 amide bonds. The van der Waals surface area contributed by atoms with Crippen molar-refractivity contribution in [3.63, 3.8) is 0 Å². The highest BCUT2D eigenvalue weighted by atomic mass is 16.4. The topological polar surface area (TPSA) is 53.7 Å². The number of hydrogen-bond donors (Lipinski definition) is 1. The normalized spacial score (nSPS) is 12.6. The number of hydrogen-bond acceptors (Lipinski definition) is 3. The van der Waals surface area contributed by atoms with Gasteiger partial charge >= 0.3 is 5.97 Å². The van der Waals surface area contributed by atoms with Gasteiger partial charge in [-0.1, -0.05) is 12.1 Å². The molecule has 0 fully saturated rings. The molecule has 4 heteroatoms. The molecule has 0 radical (unpaired) electrons. The van der Waals surface area contributed by atoms with Gasteiger partial charge in [-0.2, -0.15) is 0 Å². The Morgan fingerprint density at radius 3 is 2.21 bits per heavy atom. The van der Waals surface area contributed by atoms with Crippen LogP contribution in [-0.4, -0.2) is 30.1 Å². The number of nitrogens with zero attached hydrogens (tertiary/aromatic N) is 1. The van der Waals surface area contributed by atoms with E-state index < -0.39 is 5.97 Å². The van der Waals surface area contributed by atoms with Crippen LogP contribution >= 0.6 is 0 Å². The first-order valence-corrected chi connectivity index (χ1v) is 6.05. The fourth-order valence-corrected chi connectivity index (χ4v) is 2.13. The van der Waals surface area contributed by atoms with Crippen molar-refractivity contribution >= 4 is 5.97 Å². The van der Waals surface area contributed by atoms with Crippen LogP contribution < -0.4 is 0 Å². The van der Waals surface area contributed by atoms with Crippen molar-refractivity contribution < 1.29 is 14.3 Å². The molecule has 0 spiro atoms. The molecule has 1 unspecified atom stereocenters. The van der Waals surface area contributed by atoms with E-state index in [9.17, 15) is 4.79 Å². The largest absolute Gasteiger partial charge is 0.478 e. The van der Waals surface area contributed by atoms with Gasteiger partial charge in [-0.15, -0.1) is 0 Å². The van der Waals surface area contributed by atoms with Crippen LogP contribution in [0, 0.1) is 6.92 Å². The van der Waals surface area contributed by atoms with Crippen LogP contribution in [0.3, 0.4) is 0 Å². The standard InChI is InChI=1S/C15H17NO3/c1-10-4-9-13(19-10)14(16(2)3)11-5-7-12(8-6-11)15(17)18/h4-9,14H,1-3H3,(H,17,18). The van der Waals surface area contributed by atoms with Crippen LogP contribution in [0.15, 0.2) is 40.8 Å². The Labute approximate surface area is 112 Å². The molecule has 1 N–H and O–H groups in total. The summed E-state index contributed by atoms with van der Waals surface area (Å²) in [6.07, 6.45) is 0. The van der Waals surface area contributed by atoms with Crippen molar-refractivity contribution in [2.24, 2.45) is 0 Å². The highest BCUT2D eigenvalue weighted by Gasteiger charge is 2.20. The highest BCUT2D eigenvalue weighted by molar-refractivity contribution is 5.87. The fraction of sp³-hybridized carbons (Fsp3) is 0.267. The molecule has 4 nitrogen and oxygen atoms in total. The maximum absolute atomic E-state index is 10.9. The minimum atomic E-state index is -0.915. The number of carboxylic acid groups (broad SMARTS) is 1. The second kappa shape index (κ2) is 5.28. The summed E-state index contributed by atoms with van der Waals surface area (Å²) in [4.78, 5) is 12.9. The molecule has 0 saturated carbocycles. The second-order valence-electron chi connectivity index (χ2n) is 4.74. The predicted molar refractivity (Wildman–Crippen MR) is 72.4 cm³/mol. The zero-order valence-corrected chi connectivity index (χ0v) is 11.3. The van der Waals surface area contributed by atoms with Crippen molar-refractivity contribution in [3.05, 3.63) is 59.0 Å². The van der Waals surface area contributed by atoms with Gasteiger partial charge in [0, 0.05) is 0 Å². The highest BCUT2D eigenvalue weighted by Crippen LogP contribution is 2.28. The smallest absolute Gasteiger partial charge is 0.335 e. The van der Waals surface area contributed by atoms with E-state index in [1.807, 2.05) is 50.2 Å². The minimum absolute atomic E-state index is 0.0171. The molecular weight excluding hydrogens is 242 g/mol. The van der Waals surface area contributed by atoms with E-state index >= 15 is 0 Å². The fourth-order valence-electron chi connectivity index (χ4n) is 2.13. The van der Waals surface area contributed by atoms with E-state index in [-0.39, 0.29) is 11.6 Å². The second-order valence-corrected chi connectivity index (χ2v) is 4.74. The van der Waals surface area contributed by atoms with Gasteiger partial charge in [0.05, 0.1) is 11.6 Å². The number of carboxylic acids is 1. The van der Waals surface area contributed by atoms with Crippen molar-refractivity contribution in [2.45, 2.75) is 13.0 Å². The average Bonchev–Trinajstić information content (AvgIpc) is 2.76. The Morgan fingerprint density at radius 2 is 1.79 bits per heavy atom. The van der Waals surface area contributed by atoms with Crippen LogP contribution in [0.4, 0.5) is 0 Å². The molecule has 0 bridgehead atoms. The van der Waals surface area contributed by atoms with E-state index in [1.54, 1.807) is 12.1 Å². The van der Waals surface area contributed by atoms with E-state index in [4.69, 9.17) is 9.52 Å². The van der Waals surface area contributed by atoms with Gasteiger partial charge < -0.3 is 9.52 Å². The van der Waals surface area contributed by atoms with Gasteiger partial charge in [0.1, 0.15) is 11.5 Å². The zero-order valence-electron chi connectivity index (χ0n) is 11.3. The zero-order chi connectivity index (χ0) is 14.0. The molecule has 2 aromatic rings. The summed E-state index contributed by atoms with van der Waals surface area (Å²) >= 11 is 0. The average molecular weight is 259 g/mol. The number of furan rings is 1. The Kier molecular flexibility index (Phi) is 3.71. The summed E-state index contributed by atoms with van der Waals surface area (Å²) in [6, 6.07) is 10.7. The van der Waals surface area contributed by atoms with Crippen LogP contribution in [0.5, 0.6) is 0 Å². The monoisotopic (exact) mass is 259 g/mol. The Balaban J connectivity index is 2.37. The van der Waals surface area contributed by atoms with Gasteiger partial charge in [-0.05, 0) is 50.8 Å². The first-order chi connectivity index (χ1) is 8.99. The van der Waals surface area contributed by atoms with Crippen molar-refractivity contribution in [1.29, 1.82) is 0 Å². The maximum Gasteiger partial charge on any atom is 0.335 e. The third-order valence-corrected chi connectivity index (χ3v) is 3.02. The van der Waals surface area contributed by atoms with Gasteiger partial charge in [-0.3, -0.25) is 4.90 Å². The van der Waals surface area contributed by atoms with E-state index in [0.29, 0.717) is 0 Å². The third-order valence-electron chi connectivity index (χ3n) is 3.02. The third kappa shape index (κ3) is 2.85. The van der Waals surface area contributed by atoms with Gasteiger partial charge in [0.2, 0.25) is 0 Å². The quantitative estimate of drug-likeness (QED) is 0.917. The number of benzene rings is 1. The molecule has 19 heavy (non-hydrogen) atoms. The van der Waals surface area contributed by atoms with Crippen molar-refractivity contribution in [3.8, 4) is 0 Å². The van der Waals surface area contributed by atoms with Gasteiger partial charge in [-0.25, -0.2) is 4.79 Å². The summed E-state index contributed by atoms with van der Waals surface area (Å²) in [5.74, 6) is 0.802. The summed E-state index contributed by atoms with van der Waals surface area (Å²) in [5, 5.41) is 8.91. The van der Waals surface area contributed by atoms with E-state index in [2.05, 4.69) is 0 Å². The lowest BCUT2D eigenvalue weighted by Crippen LogP contribution is -2.20. The summed E-state index contributed by atoms with van der Waals surface area (Å²) in [5.41, 5.74) is 1.29. The Hall–Kier alpha value is -2.07. The number of carbonyl (C=O) groups is 1. The van der Waals surface area contributed by atoms with Crippen molar-refractivity contribution in [1.82, 2.24) is 4.90 Å². The lowest BCUT2D eigenvalue weighted by Gasteiger charge is -2.22. The molecule has 0 aliphatic rings. The van der Waals surface area contributed by atoms with Crippen LogP contribution in [0.1, 0.15) is 33.5 Å². The van der Waals surface area contributed by atoms with E-state index in [1.165, 1.54) is 0 Å². The number of aromatic carboxylic acids is 1. The minimum Gasteiger partial charge on any atom is -0.478 e. The summed E-state index contributed by atoms with van der Waals surface area (Å²) in [6.45, 7) is 1.91. The first kappa shape index (κ1) is 13.4. The Morgan fingerprint density at radius 1 is 1.16 bits per heavy atom. The maximum atomic E-state index is 10.9. The lowest BCUT2D eigenvalue weighted by atomic mass is 10.0. The van der Waals surface area contributed by atoms with E-state index in [0.717, 1.165) is 17.1 Å². The van der Waals surface area contributed by atoms with Crippen LogP contribution in [0.25, 0.3) is 0 Å². The van der Waals surface area contributed by atoms with Gasteiger partial charge in [0.15, 0.2) is 0 Å². The molecule has 100 valence electrons. The van der Waals surface area contributed by atoms with Crippen LogP contribution in [-0.2, 0) is 0 Å². The molecule has 2 rings (SSSR count). The molecule has 0 aliphatic carbocycles. The van der Waals surface area contributed by atoms with Crippen LogP contribution in [0.2, 0.25) is 0 Å². The molecular formula is C15H17NO3. The number of aryl methyl sites for hydroxylation is 1. The molecule has 1 aromatic heterocycles. The predicted octanol–water partition coefficient (Wildman–Crippen LogP) is 2.94. The molecule has 0 aliphatic heterocycles. The molecule has 1 aromatic carbocycles. The molecule has 0 saturated heterocycles. The summed E-state index contributed by atoms with van der Waals surface area (Å²) < 4.78 is 5.68. The Bertz CT molecular complexity index is 569. The first-order valence-electron chi connectivity index (χ1n) is 6.05. The van der Waals surface area contributed by atoms with Gasteiger partial charge in [0.25, 0.3) is 0 Å². The summed E-state index contributed by atoms with van der Waals surface area (Å²) in [7, 11) is 3.93. The van der Waals surface area contributed by atoms with Crippen molar-refractivity contribution in [2.75, 3.05) is 14.1 Å². The molecule has 1 atom stereocenters. The number of rotatable bonds is 4. The lowest BCUT2D eigenvalue weighted by molar-refractivity contribution is 0.0697. The SMILES string of the molecule is Cc1ccc(C(c2ccc(C(=O)O)cc2)N(C)C)o1. The molecule has 1 heterocycles.